The first-order chi connectivity index (χ1) is 7.00. The number of Topliss-reactive ketones (excluding diaryl/α,β-unsaturated/α-hetero) is 1. The van der Waals surface area contributed by atoms with E-state index in [1.165, 1.54) is 0 Å². The third-order valence-corrected chi connectivity index (χ3v) is 2.53. The minimum atomic E-state index is -0.979. The van der Waals surface area contributed by atoms with Gasteiger partial charge in [0.25, 0.3) is 0 Å². The summed E-state index contributed by atoms with van der Waals surface area (Å²) in [6, 6.07) is 1.64. The molecule has 2 rings (SSSR count). The topological polar surface area (TPSA) is 69.4 Å². The summed E-state index contributed by atoms with van der Waals surface area (Å²) in [4.78, 5) is 21.1. The first-order valence-corrected chi connectivity index (χ1v) is 4.75. The van der Waals surface area contributed by atoms with Crippen molar-refractivity contribution in [3.05, 3.63) is 33.6 Å². The molecule has 0 bridgehead atoms. The van der Waals surface area contributed by atoms with Gasteiger partial charge in [-0.25, -0.2) is 4.39 Å². The van der Waals surface area contributed by atoms with E-state index in [2.05, 4.69) is 15.9 Å². The maximum Gasteiger partial charge on any atom is 0.314 e. The van der Waals surface area contributed by atoms with Crippen molar-refractivity contribution < 1.29 is 18.8 Å². The Morgan fingerprint density at radius 2 is 2.20 bits per heavy atom. The molecular weight excluding hydrogens is 273 g/mol. The third-order valence-electron chi connectivity index (χ3n) is 1.92. The second-order valence-corrected chi connectivity index (χ2v) is 3.69. The van der Waals surface area contributed by atoms with Gasteiger partial charge in [0, 0.05) is 0 Å². The van der Waals surface area contributed by atoms with Crippen molar-refractivity contribution in [3.63, 3.8) is 0 Å². The Balaban J connectivity index is 2.67. The highest BCUT2D eigenvalue weighted by Gasteiger charge is 2.36. The minimum Gasteiger partial charge on any atom is -0.463 e. The lowest BCUT2D eigenvalue weighted by Gasteiger charge is -2.00. The van der Waals surface area contributed by atoms with E-state index >= 15 is 0 Å². The summed E-state index contributed by atoms with van der Waals surface area (Å²) in [5, 5.41) is 9.58. The number of hydrogen-bond donors (Lipinski definition) is 0. The normalized spacial score (nSPS) is 18.5. The number of hydrogen-bond acceptors (Lipinski definition) is 4. The molecule has 1 aromatic rings. The summed E-state index contributed by atoms with van der Waals surface area (Å²) in [5.74, 6) is -1.54. The third kappa shape index (κ3) is 1.48. The number of rotatable bonds is 1. The number of fused-ring (bicyclic) bond motifs is 1. The summed E-state index contributed by atoms with van der Waals surface area (Å²) in [6.07, 6.45) is 0. The molecular formula is C8H3BrFNO4. The van der Waals surface area contributed by atoms with E-state index in [4.69, 9.17) is 4.74 Å². The largest absolute Gasteiger partial charge is 0.463 e. The predicted molar refractivity (Wildman–Crippen MR) is 50.7 cm³/mol. The minimum absolute atomic E-state index is 0.108. The van der Waals surface area contributed by atoms with Crippen molar-refractivity contribution in [1.82, 2.24) is 0 Å². The summed E-state index contributed by atoms with van der Waals surface area (Å²) < 4.78 is 17.9. The average molecular weight is 276 g/mol. The van der Waals surface area contributed by atoms with Gasteiger partial charge in [-0.2, -0.15) is 0 Å². The Kier molecular flexibility index (Phi) is 2.18. The monoisotopic (exact) mass is 275 g/mol. The molecule has 1 aromatic carbocycles. The molecule has 0 radical (unpaired) electrons. The number of carbonyl (C=O) groups excluding carboxylic acids is 1. The molecule has 1 aliphatic heterocycles. The van der Waals surface area contributed by atoms with E-state index in [-0.39, 0.29) is 11.3 Å². The van der Waals surface area contributed by atoms with Crippen molar-refractivity contribution in [2.75, 3.05) is 0 Å². The van der Waals surface area contributed by atoms with Gasteiger partial charge in [-0.3, -0.25) is 14.9 Å². The van der Waals surface area contributed by atoms with Gasteiger partial charge in [-0.15, -0.1) is 0 Å². The maximum atomic E-state index is 13.0. The van der Waals surface area contributed by atoms with Gasteiger partial charge in [0.2, 0.25) is 16.5 Å². The number of benzene rings is 1. The van der Waals surface area contributed by atoms with Crippen LogP contribution in [-0.2, 0) is 0 Å². The van der Waals surface area contributed by atoms with E-state index in [1.807, 2.05) is 0 Å². The Bertz CT molecular complexity index is 476. The zero-order valence-corrected chi connectivity index (χ0v) is 8.65. The van der Waals surface area contributed by atoms with Gasteiger partial charge in [0.15, 0.2) is 0 Å². The molecule has 0 spiro atoms. The molecule has 0 amide bonds. The number of nitrogens with zero attached hydrogens (tertiary/aromatic N) is 1. The highest BCUT2D eigenvalue weighted by molar-refractivity contribution is 9.09. The molecule has 78 valence electrons. The number of nitro groups is 1. The quantitative estimate of drug-likeness (QED) is 0.447. The van der Waals surface area contributed by atoms with Crippen molar-refractivity contribution in [1.29, 1.82) is 0 Å². The van der Waals surface area contributed by atoms with Crippen LogP contribution >= 0.6 is 15.9 Å². The number of ether oxygens (including phenoxy) is 1. The number of halogens is 2. The van der Waals surface area contributed by atoms with Gasteiger partial charge < -0.3 is 4.74 Å². The van der Waals surface area contributed by atoms with E-state index in [0.29, 0.717) is 0 Å². The van der Waals surface area contributed by atoms with Crippen molar-refractivity contribution in [2.24, 2.45) is 0 Å². The lowest BCUT2D eigenvalue weighted by atomic mass is 10.1. The molecule has 0 N–H and O–H groups in total. The van der Waals surface area contributed by atoms with Crippen LogP contribution in [0.3, 0.4) is 0 Å². The van der Waals surface area contributed by atoms with E-state index in [9.17, 15) is 19.3 Å². The second-order valence-electron chi connectivity index (χ2n) is 2.86. The predicted octanol–water partition coefficient (Wildman–Crippen LogP) is 2.03. The van der Waals surface area contributed by atoms with Crippen molar-refractivity contribution in [3.8, 4) is 5.75 Å². The van der Waals surface area contributed by atoms with Gasteiger partial charge in [-0.05, 0) is 22.0 Å². The molecule has 0 aliphatic carbocycles. The molecule has 1 heterocycles. The smallest absolute Gasteiger partial charge is 0.314 e. The second kappa shape index (κ2) is 3.27. The van der Waals surface area contributed by atoms with Crippen molar-refractivity contribution >= 4 is 27.4 Å². The van der Waals surface area contributed by atoms with Gasteiger partial charge >= 0.3 is 5.69 Å². The first-order valence-electron chi connectivity index (χ1n) is 3.83. The fourth-order valence-electron chi connectivity index (χ4n) is 1.30. The number of alkyl halides is 1. The van der Waals surface area contributed by atoms with Crippen LogP contribution in [0.4, 0.5) is 10.1 Å². The van der Waals surface area contributed by atoms with Crippen LogP contribution in [0.25, 0.3) is 0 Å². The van der Waals surface area contributed by atoms with Gasteiger partial charge in [0.1, 0.15) is 5.82 Å². The van der Waals surface area contributed by atoms with Crippen LogP contribution in [-0.4, -0.2) is 15.7 Å². The molecule has 0 fully saturated rings. The molecule has 0 unspecified atom stereocenters. The number of ketones is 1. The average Bonchev–Trinajstić information content (AvgIpc) is 2.43. The molecule has 5 nitrogen and oxygen atoms in total. The lowest BCUT2D eigenvalue weighted by molar-refractivity contribution is -0.385. The SMILES string of the molecule is O=C1c2cc(F)cc([N+](=O)[O-])c2O[C@H]1Br. The fourth-order valence-corrected chi connectivity index (χ4v) is 1.73. The van der Waals surface area contributed by atoms with Gasteiger partial charge in [0.05, 0.1) is 16.6 Å². The van der Waals surface area contributed by atoms with Crippen LogP contribution < -0.4 is 4.74 Å². The summed E-state index contributed by atoms with van der Waals surface area (Å²) in [6.45, 7) is 0. The van der Waals surface area contributed by atoms with Crippen molar-refractivity contribution in [2.45, 2.75) is 5.01 Å². The zero-order chi connectivity index (χ0) is 11.2. The Labute approximate surface area is 91.1 Å². The molecule has 0 aromatic heterocycles. The van der Waals surface area contributed by atoms with Crippen LogP contribution in [0.2, 0.25) is 0 Å². The summed E-state index contributed by atoms with van der Waals surface area (Å²) >= 11 is 2.88. The molecule has 0 saturated carbocycles. The Morgan fingerprint density at radius 3 is 2.80 bits per heavy atom. The summed E-state index contributed by atoms with van der Waals surface area (Å²) in [7, 11) is 0. The van der Waals surface area contributed by atoms with E-state index < -0.39 is 27.2 Å². The first kappa shape index (κ1) is 10.0. The standard InChI is InChI=1S/C8H3BrFNO4/c9-8-6(12)4-1-3(10)2-5(11(13)14)7(4)15-8/h1-2,8H/t8-/m1/s1. The fraction of sp³-hybridized carbons (Fsp3) is 0.125. The van der Waals surface area contributed by atoms with Crippen LogP contribution in [0, 0.1) is 15.9 Å². The van der Waals surface area contributed by atoms with Crippen LogP contribution in [0.15, 0.2) is 12.1 Å². The van der Waals surface area contributed by atoms with E-state index in [1.54, 1.807) is 0 Å². The highest BCUT2D eigenvalue weighted by atomic mass is 79.9. The Hall–Kier alpha value is -1.50. The molecule has 1 atom stereocenters. The van der Waals surface area contributed by atoms with Crippen LogP contribution in [0.1, 0.15) is 10.4 Å². The van der Waals surface area contributed by atoms with Crippen LogP contribution in [0.5, 0.6) is 5.75 Å². The molecule has 0 saturated heterocycles. The lowest BCUT2D eigenvalue weighted by Crippen LogP contribution is -2.10. The molecule has 15 heavy (non-hydrogen) atoms. The molecule has 7 heteroatoms. The number of nitro benzene ring substituents is 1. The Morgan fingerprint density at radius 1 is 1.53 bits per heavy atom. The van der Waals surface area contributed by atoms with Gasteiger partial charge in [-0.1, -0.05) is 0 Å². The number of carbonyl (C=O) groups is 1. The van der Waals surface area contributed by atoms with E-state index in [0.717, 1.165) is 12.1 Å². The maximum absolute atomic E-state index is 13.0. The summed E-state index contributed by atoms with van der Waals surface area (Å²) in [5.41, 5.74) is -0.649. The highest BCUT2D eigenvalue weighted by Crippen LogP contribution is 2.39. The zero-order valence-electron chi connectivity index (χ0n) is 7.07. The molecule has 1 aliphatic rings.